The monoisotopic (exact) mass is 294 g/mol. The second-order valence-electron chi connectivity index (χ2n) is 5.68. The van der Waals surface area contributed by atoms with E-state index in [0.29, 0.717) is 6.54 Å². The van der Waals surface area contributed by atoms with Crippen LogP contribution in [0.4, 0.5) is 5.69 Å². The number of anilines is 1. The molecule has 0 heterocycles. The van der Waals surface area contributed by atoms with Crippen molar-refractivity contribution in [3.05, 3.63) is 24.3 Å². The van der Waals surface area contributed by atoms with Crippen LogP contribution in [0.25, 0.3) is 0 Å². The Hall–Kier alpha value is -1.75. The molecule has 0 fully saturated rings. The third-order valence-electron chi connectivity index (χ3n) is 3.31. The Balaban J connectivity index is 2.88. The fourth-order valence-corrected chi connectivity index (χ4v) is 2.43. The summed E-state index contributed by atoms with van der Waals surface area (Å²) in [5, 5.41) is 3.29. The first-order valence-electron chi connectivity index (χ1n) is 7.03. The van der Waals surface area contributed by atoms with E-state index in [1.807, 2.05) is 57.0 Å². The highest BCUT2D eigenvalue weighted by Crippen LogP contribution is 2.20. The molecule has 0 radical (unpaired) electrons. The summed E-state index contributed by atoms with van der Waals surface area (Å²) in [7, 11) is 5.00. The van der Waals surface area contributed by atoms with Gasteiger partial charge in [0, 0.05) is 25.3 Å². The van der Waals surface area contributed by atoms with Gasteiger partial charge < -0.3 is 14.4 Å². The van der Waals surface area contributed by atoms with E-state index in [4.69, 9.17) is 9.47 Å². The summed E-state index contributed by atoms with van der Waals surface area (Å²) in [5.74, 6) is 0.541. The predicted octanol–water partition coefficient (Wildman–Crippen LogP) is 2.06. The van der Waals surface area contributed by atoms with Crippen LogP contribution in [0.1, 0.15) is 20.8 Å². The maximum atomic E-state index is 12.1. The predicted molar refractivity (Wildman–Crippen MR) is 85.0 cm³/mol. The van der Waals surface area contributed by atoms with Gasteiger partial charge in [0.1, 0.15) is 11.3 Å². The molecule has 5 heteroatoms. The van der Waals surface area contributed by atoms with Crippen LogP contribution < -0.4 is 15.0 Å². The molecule has 0 aliphatic heterocycles. The normalized spacial score (nSPS) is 13.7. The fraction of sp³-hybridized carbons (Fsp3) is 0.562. The molecular formula is C16H26N2O3. The number of rotatable bonds is 7. The zero-order chi connectivity index (χ0) is 16.0. The lowest BCUT2D eigenvalue weighted by Crippen LogP contribution is -2.59. The van der Waals surface area contributed by atoms with E-state index in [9.17, 15) is 4.79 Å². The van der Waals surface area contributed by atoms with Crippen molar-refractivity contribution in [1.82, 2.24) is 5.32 Å². The van der Waals surface area contributed by atoms with Gasteiger partial charge in [-0.25, -0.2) is 4.79 Å². The molecule has 21 heavy (non-hydrogen) atoms. The third-order valence-corrected chi connectivity index (χ3v) is 3.31. The molecule has 0 spiro atoms. The van der Waals surface area contributed by atoms with Gasteiger partial charge in [-0.2, -0.15) is 0 Å². The molecule has 0 bridgehead atoms. The minimum absolute atomic E-state index is 0.179. The molecule has 1 aromatic carbocycles. The van der Waals surface area contributed by atoms with E-state index in [1.54, 1.807) is 7.11 Å². The Morgan fingerprint density at radius 2 is 1.86 bits per heavy atom. The second kappa shape index (κ2) is 7.31. The molecule has 0 saturated heterocycles. The number of likely N-dealkylation sites (N-methyl/N-ethyl adjacent to an activating group) is 1. The van der Waals surface area contributed by atoms with Crippen LogP contribution in [-0.4, -0.2) is 45.4 Å². The average Bonchev–Trinajstić information content (AvgIpc) is 2.45. The van der Waals surface area contributed by atoms with E-state index in [-0.39, 0.29) is 12.0 Å². The summed E-state index contributed by atoms with van der Waals surface area (Å²) in [6.07, 6.45) is 0. The Labute approximate surface area is 127 Å². The van der Waals surface area contributed by atoms with Gasteiger partial charge >= 0.3 is 5.97 Å². The third kappa shape index (κ3) is 4.63. The van der Waals surface area contributed by atoms with Crippen molar-refractivity contribution < 1.29 is 14.3 Å². The molecule has 1 aromatic rings. The lowest BCUT2D eigenvalue weighted by atomic mass is 10.00. The molecule has 0 aliphatic carbocycles. The summed E-state index contributed by atoms with van der Waals surface area (Å²) in [5.41, 5.74) is 0.244. The summed E-state index contributed by atoms with van der Waals surface area (Å²) in [4.78, 5) is 14.1. The maximum Gasteiger partial charge on any atom is 0.327 e. The molecule has 0 saturated carbocycles. The second-order valence-corrected chi connectivity index (χ2v) is 5.68. The number of nitrogens with zero attached hydrogens (tertiary/aromatic N) is 1. The van der Waals surface area contributed by atoms with Crippen molar-refractivity contribution >= 4 is 11.7 Å². The SMILES string of the molecule is COC(=O)C(C)(CN(C)c1ccc(OC)cc1)NC(C)C. The Kier molecular flexibility index (Phi) is 6.03. The number of hydrogen-bond acceptors (Lipinski definition) is 5. The number of carbonyl (C=O) groups is 1. The highest BCUT2D eigenvalue weighted by atomic mass is 16.5. The maximum absolute atomic E-state index is 12.1. The largest absolute Gasteiger partial charge is 0.497 e. The van der Waals surface area contributed by atoms with Crippen molar-refractivity contribution in [2.75, 3.05) is 32.7 Å². The van der Waals surface area contributed by atoms with Gasteiger partial charge in [-0.1, -0.05) is 0 Å². The summed E-state index contributed by atoms with van der Waals surface area (Å²) in [6, 6.07) is 7.91. The number of hydrogen-bond donors (Lipinski definition) is 1. The van der Waals surface area contributed by atoms with Crippen molar-refractivity contribution in [3.63, 3.8) is 0 Å². The van der Waals surface area contributed by atoms with E-state index in [1.165, 1.54) is 7.11 Å². The lowest BCUT2D eigenvalue weighted by molar-refractivity contribution is -0.147. The summed E-state index contributed by atoms with van der Waals surface area (Å²) >= 11 is 0. The van der Waals surface area contributed by atoms with Gasteiger partial charge in [-0.3, -0.25) is 5.32 Å². The first-order chi connectivity index (χ1) is 9.82. The molecule has 5 nitrogen and oxygen atoms in total. The van der Waals surface area contributed by atoms with Crippen LogP contribution in [0, 0.1) is 0 Å². The number of ether oxygens (including phenoxy) is 2. The molecule has 0 amide bonds. The molecule has 1 unspecified atom stereocenters. The van der Waals surface area contributed by atoms with E-state index in [2.05, 4.69) is 5.32 Å². The van der Waals surface area contributed by atoms with Gasteiger partial charge in [0.2, 0.25) is 0 Å². The Bertz CT molecular complexity index is 459. The standard InChI is InChI=1S/C16H26N2O3/c1-12(2)17-16(3,15(19)21-6)11-18(4)13-7-9-14(20-5)10-8-13/h7-10,12,17H,11H2,1-6H3. The molecule has 1 atom stereocenters. The molecule has 118 valence electrons. The number of esters is 1. The minimum atomic E-state index is -0.766. The Morgan fingerprint density at radius 1 is 1.29 bits per heavy atom. The van der Waals surface area contributed by atoms with Crippen molar-refractivity contribution in [2.24, 2.45) is 0 Å². The summed E-state index contributed by atoms with van der Waals surface area (Å²) < 4.78 is 10.1. The van der Waals surface area contributed by atoms with Gasteiger partial charge in [-0.05, 0) is 45.0 Å². The first kappa shape index (κ1) is 17.3. The van der Waals surface area contributed by atoms with Gasteiger partial charge in [0.25, 0.3) is 0 Å². The van der Waals surface area contributed by atoms with Gasteiger partial charge in [0.15, 0.2) is 0 Å². The van der Waals surface area contributed by atoms with E-state index in [0.717, 1.165) is 11.4 Å². The molecular weight excluding hydrogens is 268 g/mol. The summed E-state index contributed by atoms with van der Waals surface area (Å²) in [6.45, 7) is 6.38. The smallest absolute Gasteiger partial charge is 0.327 e. The van der Waals surface area contributed by atoms with E-state index < -0.39 is 5.54 Å². The van der Waals surface area contributed by atoms with Crippen LogP contribution >= 0.6 is 0 Å². The number of benzene rings is 1. The minimum Gasteiger partial charge on any atom is -0.497 e. The van der Waals surface area contributed by atoms with Crippen molar-refractivity contribution in [1.29, 1.82) is 0 Å². The zero-order valence-electron chi connectivity index (χ0n) is 13.8. The molecule has 0 aromatic heterocycles. The zero-order valence-corrected chi connectivity index (χ0v) is 13.8. The number of methoxy groups -OCH3 is 2. The number of carbonyl (C=O) groups excluding carboxylic acids is 1. The first-order valence-corrected chi connectivity index (χ1v) is 7.03. The van der Waals surface area contributed by atoms with Crippen molar-refractivity contribution in [2.45, 2.75) is 32.4 Å². The van der Waals surface area contributed by atoms with Crippen LogP contribution in [0.3, 0.4) is 0 Å². The van der Waals surface area contributed by atoms with Crippen LogP contribution in [0.15, 0.2) is 24.3 Å². The van der Waals surface area contributed by atoms with Crippen molar-refractivity contribution in [3.8, 4) is 5.75 Å². The lowest BCUT2D eigenvalue weighted by Gasteiger charge is -2.34. The highest BCUT2D eigenvalue weighted by Gasteiger charge is 2.36. The van der Waals surface area contributed by atoms with Crippen LogP contribution in [0.5, 0.6) is 5.75 Å². The average molecular weight is 294 g/mol. The number of nitrogens with one attached hydrogen (secondary N) is 1. The quantitative estimate of drug-likeness (QED) is 0.780. The fourth-order valence-electron chi connectivity index (χ4n) is 2.43. The molecule has 0 aliphatic rings. The van der Waals surface area contributed by atoms with Crippen LogP contribution in [-0.2, 0) is 9.53 Å². The van der Waals surface area contributed by atoms with Crippen LogP contribution in [0.2, 0.25) is 0 Å². The Morgan fingerprint density at radius 3 is 2.29 bits per heavy atom. The van der Waals surface area contributed by atoms with Gasteiger partial charge in [0.05, 0.1) is 14.2 Å². The highest BCUT2D eigenvalue weighted by molar-refractivity contribution is 5.81. The topological polar surface area (TPSA) is 50.8 Å². The van der Waals surface area contributed by atoms with Gasteiger partial charge in [-0.15, -0.1) is 0 Å². The van der Waals surface area contributed by atoms with E-state index >= 15 is 0 Å². The molecule has 1 rings (SSSR count). The molecule has 1 N–H and O–H groups in total.